The number of amides is 1. The lowest BCUT2D eigenvalue weighted by molar-refractivity contribution is 0.262. The minimum absolute atomic E-state index is 0.106. The highest BCUT2D eigenvalue weighted by Crippen LogP contribution is 2.15. The lowest BCUT2D eigenvalue weighted by atomic mass is 10.2. The second-order valence-electron chi connectivity index (χ2n) is 3.25. The lowest BCUT2D eigenvalue weighted by Crippen LogP contribution is -2.22. The summed E-state index contributed by atoms with van der Waals surface area (Å²) < 4.78 is 4.84. The van der Waals surface area contributed by atoms with Crippen molar-refractivity contribution in [3.05, 3.63) is 22.0 Å². The fourth-order valence-corrected chi connectivity index (χ4v) is 1.69. The van der Waals surface area contributed by atoms with Crippen molar-refractivity contribution in [2.24, 2.45) is 0 Å². The predicted octanol–water partition coefficient (Wildman–Crippen LogP) is 0.904. The number of carbonyl (C=O) groups excluding carboxylic acids is 1. The quantitative estimate of drug-likeness (QED) is 0.436. The molecule has 3 N–H and O–H groups in total. The van der Waals surface area contributed by atoms with E-state index in [1.165, 1.54) is 13.3 Å². The van der Waals surface area contributed by atoms with Crippen molar-refractivity contribution in [2.75, 3.05) is 7.11 Å². The van der Waals surface area contributed by atoms with Crippen LogP contribution in [-0.4, -0.2) is 26.2 Å². The molecule has 8 heteroatoms. The summed E-state index contributed by atoms with van der Waals surface area (Å²) >= 11 is 1.60. The Kier molecular flexibility index (Phi) is 3.31. The molecule has 1 amide bonds. The molecule has 90 valence electrons. The highest BCUT2D eigenvalue weighted by molar-refractivity contribution is 14.1. The van der Waals surface area contributed by atoms with Gasteiger partial charge < -0.3 is 15.0 Å². The molecule has 0 saturated heterocycles. The van der Waals surface area contributed by atoms with E-state index in [1.807, 2.05) is 0 Å². The van der Waals surface area contributed by atoms with Gasteiger partial charge in [-0.2, -0.15) is 5.10 Å². The maximum absolute atomic E-state index is 12.1. The number of nitrogens with one attached hydrogen (secondary N) is 3. The van der Waals surface area contributed by atoms with Crippen molar-refractivity contribution in [1.82, 2.24) is 20.5 Å². The van der Waals surface area contributed by atoms with Crippen LogP contribution in [0.4, 0.5) is 4.79 Å². The number of carbonyl (C=O) groups is 1. The molecule has 0 aromatic carbocycles. The summed E-state index contributed by atoms with van der Waals surface area (Å²) in [6.45, 7) is 0.106. The van der Waals surface area contributed by atoms with Gasteiger partial charge >= 0.3 is 0 Å². The molecule has 0 fully saturated rings. The van der Waals surface area contributed by atoms with Crippen LogP contribution in [-0.2, 0) is 6.54 Å². The Morgan fingerprint density at radius 3 is 3.06 bits per heavy atom. The molecule has 0 saturated carbocycles. The molecular formula is C9H9IN4O3. The zero-order chi connectivity index (χ0) is 12.4. The molecule has 0 spiro atoms. The lowest BCUT2D eigenvalue weighted by Gasteiger charge is -2.07. The van der Waals surface area contributed by atoms with Crippen LogP contribution in [0.2, 0.25) is 0 Å². The second-order valence-corrected chi connectivity index (χ2v) is 4.23. The molecule has 2 heterocycles. The maximum atomic E-state index is 12.1. The van der Waals surface area contributed by atoms with Crippen molar-refractivity contribution in [3.63, 3.8) is 0 Å². The van der Waals surface area contributed by atoms with Gasteiger partial charge in [0, 0.05) is 22.6 Å². The molecule has 2 aromatic rings. The first-order valence-electron chi connectivity index (χ1n) is 4.69. The van der Waals surface area contributed by atoms with Crippen molar-refractivity contribution in [1.29, 1.82) is 0 Å². The van der Waals surface area contributed by atoms with E-state index in [9.17, 15) is 9.59 Å². The molecule has 7 nitrogen and oxygen atoms in total. The van der Waals surface area contributed by atoms with E-state index in [4.69, 9.17) is 4.74 Å². The predicted molar refractivity (Wildman–Crippen MR) is 69.5 cm³/mol. The van der Waals surface area contributed by atoms with Gasteiger partial charge in [0.15, 0.2) is 5.88 Å². The first-order chi connectivity index (χ1) is 8.13. The molecule has 0 unspecified atom stereocenters. The largest absolute Gasteiger partial charge is 0.482 e. The van der Waals surface area contributed by atoms with Crippen LogP contribution < -0.4 is 15.5 Å². The van der Waals surface area contributed by atoms with Crippen molar-refractivity contribution < 1.29 is 9.53 Å². The summed E-state index contributed by atoms with van der Waals surface area (Å²) in [5.41, 5.74) is 1.05. The topological polar surface area (TPSA) is 99.9 Å². The van der Waals surface area contributed by atoms with Gasteiger partial charge in [0.25, 0.3) is 3.91 Å². The van der Waals surface area contributed by atoms with E-state index in [2.05, 4.69) is 20.5 Å². The van der Waals surface area contributed by atoms with Crippen LogP contribution in [0.3, 0.4) is 0 Å². The average molecular weight is 348 g/mol. The number of nitrogens with zero attached hydrogens (tertiary/aromatic N) is 1. The third kappa shape index (κ3) is 2.25. The highest BCUT2D eigenvalue weighted by Gasteiger charge is 2.14. The Morgan fingerprint density at radius 1 is 1.65 bits per heavy atom. The molecule has 0 bridgehead atoms. The zero-order valence-corrected chi connectivity index (χ0v) is 11.0. The Morgan fingerprint density at radius 2 is 2.41 bits per heavy atom. The first kappa shape index (κ1) is 11.9. The molecule has 0 radical (unpaired) electrons. The van der Waals surface area contributed by atoms with E-state index in [-0.39, 0.29) is 15.9 Å². The normalized spacial score (nSPS) is 10.5. The van der Waals surface area contributed by atoms with Crippen LogP contribution in [0.1, 0.15) is 5.56 Å². The number of methoxy groups -OCH3 is 1. The number of rotatable bonds is 3. The number of H-pyrrole nitrogens is 2. The van der Waals surface area contributed by atoms with Gasteiger partial charge in [-0.25, -0.2) is 0 Å². The molecule has 2 rings (SSSR count). The summed E-state index contributed by atoms with van der Waals surface area (Å²) in [5.74, 6) is 0.328. The summed E-state index contributed by atoms with van der Waals surface area (Å²) in [5, 5.41) is 8.92. The highest BCUT2D eigenvalue weighted by atomic mass is 127. The smallest absolute Gasteiger partial charge is 0.280 e. The summed E-state index contributed by atoms with van der Waals surface area (Å²) in [7, 11) is 1.45. The number of halogens is 1. The average Bonchev–Trinajstić information content (AvgIpc) is 2.75. The van der Waals surface area contributed by atoms with Crippen LogP contribution >= 0.6 is 22.6 Å². The number of hydrogen-bond acceptors (Lipinski definition) is 4. The molecule has 0 atom stereocenters. The fourth-order valence-electron chi connectivity index (χ4n) is 1.50. The minimum Gasteiger partial charge on any atom is -0.482 e. The Balaban J connectivity index is 2.54. The number of hydrogen-bond donors (Lipinski definition) is 3. The zero-order valence-electron chi connectivity index (χ0n) is 8.83. The number of fused-ring (bicyclic) bond motifs is 1. The number of aromatic nitrogens is 3. The second kappa shape index (κ2) is 4.73. The molecule has 17 heavy (non-hydrogen) atoms. The number of pyridine rings is 1. The molecule has 0 aliphatic rings. The fraction of sp³-hybridized carbons (Fsp3) is 0.222. The van der Waals surface area contributed by atoms with E-state index in [0.717, 1.165) is 0 Å². The summed E-state index contributed by atoms with van der Waals surface area (Å²) in [6.07, 6.45) is 1.50. The van der Waals surface area contributed by atoms with E-state index in [1.54, 1.807) is 22.6 Å². The molecule has 2 aromatic heterocycles. The Bertz CT molecular complexity index is 618. The number of aromatic amines is 2. The molecular weight excluding hydrogens is 339 g/mol. The van der Waals surface area contributed by atoms with E-state index < -0.39 is 0 Å². The monoisotopic (exact) mass is 348 g/mol. The van der Waals surface area contributed by atoms with Crippen molar-refractivity contribution in [3.8, 4) is 5.88 Å². The molecule has 0 aliphatic carbocycles. The van der Waals surface area contributed by atoms with Crippen molar-refractivity contribution >= 4 is 37.5 Å². The Labute approximate surface area is 109 Å². The summed E-state index contributed by atoms with van der Waals surface area (Å²) in [6, 6.07) is 0. The van der Waals surface area contributed by atoms with Crippen LogP contribution in [0, 0.1) is 0 Å². The van der Waals surface area contributed by atoms with Crippen molar-refractivity contribution in [2.45, 2.75) is 6.54 Å². The van der Waals surface area contributed by atoms with Gasteiger partial charge in [-0.3, -0.25) is 14.7 Å². The van der Waals surface area contributed by atoms with E-state index in [0.29, 0.717) is 22.5 Å². The Hall–Kier alpha value is -1.58. The van der Waals surface area contributed by atoms with Gasteiger partial charge in [0.05, 0.1) is 30.9 Å². The van der Waals surface area contributed by atoms with Gasteiger partial charge in [-0.15, -0.1) is 0 Å². The minimum atomic E-state index is -0.242. The standard InChI is InChI=1S/C9H9IN4O3/c1-17-8-4(2-11-9(10)16)7(15)6-5(13-8)3-12-14-6/h3H,2H2,1H3,(H,11,16)(H,12,14)(H,13,15). The molecule has 0 aliphatic heterocycles. The van der Waals surface area contributed by atoms with E-state index >= 15 is 0 Å². The first-order valence-corrected chi connectivity index (χ1v) is 5.77. The van der Waals surface area contributed by atoms with Gasteiger partial charge in [-0.05, 0) is 0 Å². The third-order valence-electron chi connectivity index (χ3n) is 2.27. The van der Waals surface area contributed by atoms with Crippen LogP contribution in [0.15, 0.2) is 11.0 Å². The van der Waals surface area contributed by atoms with Crippen LogP contribution in [0.5, 0.6) is 5.88 Å². The maximum Gasteiger partial charge on any atom is 0.280 e. The van der Waals surface area contributed by atoms with Crippen LogP contribution in [0.25, 0.3) is 11.0 Å². The van der Waals surface area contributed by atoms with Gasteiger partial charge in [0.1, 0.15) is 5.52 Å². The third-order valence-corrected chi connectivity index (χ3v) is 2.65. The van der Waals surface area contributed by atoms with Gasteiger partial charge in [0.2, 0.25) is 5.43 Å². The summed E-state index contributed by atoms with van der Waals surface area (Å²) in [4.78, 5) is 25.8. The SMILES string of the molecule is COc1[nH]c2cn[nH]c2c(=O)c1CNC(=O)I. The number of ether oxygens (including phenoxy) is 1. The van der Waals surface area contributed by atoms with Gasteiger partial charge in [-0.1, -0.05) is 0 Å².